The minimum absolute atomic E-state index is 0.153. The van der Waals surface area contributed by atoms with Crippen LogP contribution in [0.5, 0.6) is 0 Å². The highest BCUT2D eigenvalue weighted by Gasteiger charge is 2.32. The Bertz CT molecular complexity index is 602. The first-order chi connectivity index (χ1) is 9.82. The van der Waals surface area contributed by atoms with Crippen LogP contribution in [-0.4, -0.2) is 11.0 Å². The second kappa shape index (κ2) is 6.24. The van der Waals surface area contributed by atoms with Crippen molar-refractivity contribution in [1.29, 1.82) is 0 Å². The summed E-state index contributed by atoms with van der Waals surface area (Å²) in [6.07, 6.45) is 0.588. The van der Waals surface area contributed by atoms with E-state index in [9.17, 15) is 4.39 Å². The molecule has 1 aromatic carbocycles. The van der Waals surface area contributed by atoms with Gasteiger partial charge in [0.15, 0.2) is 0 Å². The highest BCUT2D eigenvalue weighted by atomic mass is 32.1. The van der Waals surface area contributed by atoms with Crippen molar-refractivity contribution in [3.05, 3.63) is 51.2 Å². The van der Waals surface area contributed by atoms with Gasteiger partial charge in [0.05, 0.1) is 11.2 Å². The Balaban J connectivity index is 2.39. The minimum atomic E-state index is -0.361. The molecule has 1 N–H and O–H groups in total. The Hall–Kier alpha value is -1.26. The summed E-state index contributed by atoms with van der Waals surface area (Å²) in [6.45, 7) is 10.4. The summed E-state index contributed by atoms with van der Waals surface area (Å²) < 4.78 is 14.0. The highest BCUT2D eigenvalue weighted by Crippen LogP contribution is 2.31. The van der Waals surface area contributed by atoms with E-state index < -0.39 is 0 Å². The number of aryl methyl sites for hydroxylation is 2. The van der Waals surface area contributed by atoms with Gasteiger partial charge < -0.3 is 5.32 Å². The lowest BCUT2D eigenvalue weighted by atomic mass is 9.92. The molecule has 0 saturated heterocycles. The van der Waals surface area contributed by atoms with Crippen LogP contribution in [-0.2, 0) is 12.0 Å². The van der Waals surface area contributed by atoms with Crippen LogP contribution in [0.3, 0.4) is 0 Å². The number of nitrogens with one attached hydrogen (secondary N) is 1. The molecular formula is C17H23FN2S. The Morgan fingerprint density at radius 3 is 2.48 bits per heavy atom. The van der Waals surface area contributed by atoms with Gasteiger partial charge in [-0.1, -0.05) is 18.2 Å². The third-order valence-electron chi connectivity index (χ3n) is 3.61. The zero-order valence-electron chi connectivity index (χ0n) is 13.3. The molecule has 0 bridgehead atoms. The van der Waals surface area contributed by atoms with E-state index in [2.05, 4.69) is 33.0 Å². The molecule has 0 aliphatic carbocycles. The Morgan fingerprint density at radius 2 is 1.95 bits per heavy atom. The van der Waals surface area contributed by atoms with E-state index in [0.29, 0.717) is 12.5 Å². The Morgan fingerprint density at radius 1 is 1.29 bits per heavy atom. The molecule has 114 valence electrons. The van der Waals surface area contributed by atoms with E-state index in [1.807, 2.05) is 19.1 Å². The van der Waals surface area contributed by atoms with E-state index in [0.717, 1.165) is 16.3 Å². The van der Waals surface area contributed by atoms with Gasteiger partial charge in [0.25, 0.3) is 0 Å². The van der Waals surface area contributed by atoms with E-state index >= 15 is 0 Å². The maximum absolute atomic E-state index is 14.0. The summed E-state index contributed by atoms with van der Waals surface area (Å²) in [4.78, 5) is 5.91. The molecule has 0 aliphatic rings. The monoisotopic (exact) mass is 306 g/mol. The number of rotatable bonds is 5. The van der Waals surface area contributed by atoms with Crippen molar-refractivity contribution in [3.63, 3.8) is 0 Å². The number of halogens is 1. The van der Waals surface area contributed by atoms with Gasteiger partial charge in [-0.15, -0.1) is 11.3 Å². The van der Waals surface area contributed by atoms with E-state index in [-0.39, 0.29) is 11.4 Å². The predicted octanol–water partition coefficient (Wildman–Crippen LogP) is 4.35. The number of thiazole rings is 1. The van der Waals surface area contributed by atoms with Crippen LogP contribution in [0.25, 0.3) is 0 Å². The summed E-state index contributed by atoms with van der Waals surface area (Å²) in [6, 6.07) is 7.27. The average Bonchev–Trinajstić information content (AvgIpc) is 2.72. The lowest BCUT2D eigenvalue weighted by Gasteiger charge is -2.31. The molecule has 2 rings (SSSR count). The van der Waals surface area contributed by atoms with Crippen LogP contribution in [0.15, 0.2) is 24.3 Å². The molecule has 0 saturated carbocycles. The largest absolute Gasteiger partial charge is 0.303 e. The first-order valence-corrected chi connectivity index (χ1v) is 8.09. The molecule has 1 unspecified atom stereocenters. The van der Waals surface area contributed by atoms with Crippen molar-refractivity contribution in [2.45, 2.75) is 52.6 Å². The first-order valence-electron chi connectivity index (χ1n) is 7.27. The minimum Gasteiger partial charge on any atom is -0.303 e. The number of hydrogen-bond acceptors (Lipinski definition) is 3. The van der Waals surface area contributed by atoms with Gasteiger partial charge in [0.2, 0.25) is 0 Å². The van der Waals surface area contributed by atoms with Gasteiger partial charge in [0, 0.05) is 10.9 Å². The van der Waals surface area contributed by atoms with Gasteiger partial charge in [-0.3, -0.25) is 0 Å². The van der Waals surface area contributed by atoms with Crippen molar-refractivity contribution in [2.24, 2.45) is 0 Å². The van der Waals surface area contributed by atoms with Crippen LogP contribution in [0.1, 0.15) is 41.9 Å². The maximum atomic E-state index is 14.0. The van der Waals surface area contributed by atoms with Crippen molar-refractivity contribution >= 4 is 11.3 Å². The Kier molecular flexibility index (Phi) is 4.79. The van der Waals surface area contributed by atoms with Crippen molar-refractivity contribution < 1.29 is 4.39 Å². The molecule has 0 spiro atoms. The van der Waals surface area contributed by atoms with Gasteiger partial charge in [-0.2, -0.15) is 0 Å². The van der Waals surface area contributed by atoms with Gasteiger partial charge in [0.1, 0.15) is 10.8 Å². The second-order valence-electron chi connectivity index (χ2n) is 6.06. The lowest BCUT2D eigenvalue weighted by Crippen LogP contribution is -2.45. The number of hydrogen-bond donors (Lipinski definition) is 1. The topological polar surface area (TPSA) is 24.9 Å². The van der Waals surface area contributed by atoms with Crippen LogP contribution in [0, 0.1) is 19.7 Å². The molecular weight excluding hydrogens is 283 g/mol. The van der Waals surface area contributed by atoms with E-state index in [1.54, 1.807) is 17.4 Å². The molecule has 2 aromatic rings. The van der Waals surface area contributed by atoms with Crippen LogP contribution < -0.4 is 5.32 Å². The molecule has 0 amide bonds. The summed E-state index contributed by atoms with van der Waals surface area (Å²) in [5.74, 6) is -0.153. The zero-order chi connectivity index (χ0) is 15.6. The SMILES string of the molecule is Cc1nc(C(C)(Cc2ccccc2F)NC(C)C)sc1C. The normalized spacial score (nSPS) is 14.4. The summed E-state index contributed by atoms with van der Waals surface area (Å²) in [5, 5.41) is 4.59. The zero-order valence-corrected chi connectivity index (χ0v) is 14.1. The lowest BCUT2D eigenvalue weighted by molar-refractivity contribution is 0.326. The molecule has 0 fully saturated rings. The predicted molar refractivity (Wildman–Crippen MR) is 87.3 cm³/mol. The van der Waals surface area contributed by atoms with Gasteiger partial charge in [-0.05, 0) is 52.7 Å². The standard InChI is InChI=1S/C17H23FN2S/c1-11(2)20-17(5,16-19-12(3)13(4)21-16)10-14-8-6-7-9-15(14)18/h6-9,11,20H,10H2,1-5H3. The summed E-state index contributed by atoms with van der Waals surface area (Å²) >= 11 is 1.69. The van der Waals surface area contributed by atoms with Gasteiger partial charge in [-0.25, -0.2) is 9.37 Å². The Labute approximate surface area is 130 Å². The third kappa shape index (κ3) is 3.69. The second-order valence-corrected chi connectivity index (χ2v) is 7.26. The average molecular weight is 306 g/mol. The molecule has 1 aromatic heterocycles. The fourth-order valence-corrected chi connectivity index (χ4v) is 3.58. The first kappa shape index (κ1) is 16.1. The number of aromatic nitrogens is 1. The van der Waals surface area contributed by atoms with E-state index in [4.69, 9.17) is 4.98 Å². The fourth-order valence-electron chi connectivity index (χ4n) is 2.56. The molecule has 21 heavy (non-hydrogen) atoms. The quantitative estimate of drug-likeness (QED) is 0.888. The van der Waals surface area contributed by atoms with Gasteiger partial charge >= 0.3 is 0 Å². The third-order valence-corrected chi connectivity index (χ3v) is 4.95. The number of benzene rings is 1. The summed E-state index contributed by atoms with van der Waals surface area (Å²) in [7, 11) is 0. The van der Waals surface area contributed by atoms with Crippen molar-refractivity contribution in [1.82, 2.24) is 10.3 Å². The molecule has 1 heterocycles. The van der Waals surface area contributed by atoms with Crippen LogP contribution in [0.2, 0.25) is 0 Å². The van der Waals surface area contributed by atoms with Crippen molar-refractivity contribution in [2.75, 3.05) is 0 Å². The fraction of sp³-hybridized carbons (Fsp3) is 0.471. The molecule has 0 aliphatic heterocycles. The number of nitrogens with zero attached hydrogens (tertiary/aromatic N) is 1. The maximum Gasteiger partial charge on any atom is 0.126 e. The molecule has 0 radical (unpaired) electrons. The van der Waals surface area contributed by atoms with Crippen LogP contribution >= 0.6 is 11.3 Å². The highest BCUT2D eigenvalue weighted by molar-refractivity contribution is 7.11. The molecule has 4 heteroatoms. The smallest absolute Gasteiger partial charge is 0.126 e. The van der Waals surface area contributed by atoms with E-state index in [1.165, 1.54) is 10.9 Å². The molecule has 1 atom stereocenters. The molecule has 2 nitrogen and oxygen atoms in total. The summed E-state index contributed by atoms with van der Waals surface area (Å²) in [5.41, 5.74) is 1.42. The van der Waals surface area contributed by atoms with Crippen LogP contribution in [0.4, 0.5) is 4.39 Å². The van der Waals surface area contributed by atoms with Crippen molar-refractivity contribution in [3.8, 4) is 0 Å².